The molecule has 1 aromatic rings. The summed E-state index contributed by atoms with van der Waals surface area (Å²) in [6.07, 6.45) is 4.89. The minimum atomic E-state index is -2.26. The van der Waals surface area contributed by atoms with Crippen molar-refractivity contribution in [2.24, 2.45) is 5.73 Å². The molecule has 22 heavy (non-hydrogen) atoms. The fourth-order valence-electron chi connectivity index (χ4n) is 2.18. The van der Waals surface area contributed by atoms with Crippen LogP contribution in [-0.4, -0.2) is 45.3 Å². The molecule has 0 aromatic heterocycles. The second-order valence-corrected chi connectivity index (χ2v) is 7.66. The summed E-state index contributed by atoms with van der Waals surface area (Å²) in [5, 5.41) is 19.9. The molecule has 1 aromatic carbocycles. The molecule has 0 radical (unpaired) electrons. The third-order valence-electron chi connectivity index (χ3n) is 3.27. The summed E-state index contributed by atoms with van der Waals surface area (Å²) >= 11 is 0.309. The molecule has 5 nitrogen and oxygen atoms in total. The molecule has 0 heterocycles. The van der Waals surface area contributed by atoms with E-state index in [1.807, 2.05) is 6.07 Å². The van der Waals surface area contributed by atoms with E-state index in [0.717, 1.165) is 15.5 Å². The van der Waals surface area contributed by atoms with Gasteiger partial charge in [0.25, 0.3) is 0 Å². The molecular weight excluding hydrogens is 349 g/mol. The van der Waals surface area contributed by atoms with E-state index in [0.29, 0.717) is 26.3 Å². The van der Waals surface area contributed by atoms with Gasteiger partial charge >= 0.3 is 139 Å². The molecule has 126 valence electrons. The Hall–Kier alpha value is -0.781. The molecule has 6 heteroatoms. The van der Waals surface area contributed by atoms with Gasteiger partial charge in [0.15, 0.2) is 0 Å². The summed E-state index contributed by atoms with van der Waals surface area (Å²) < 4.78 is 11.9. The first-order valence-electron chi connectivity index (χ1n) is 7.52. The van der Waals surface area contributed by atoms with Crippen LogP contribution in [0.25, 0.3) is 0 Å². The number of hydrogen-bond donors (Lipinski definition) is 3. The zero-order valence-corrected chi connectivity index (χ0v) is 15.3. The number of aliphatic hydroxyl groups is 2. The number of methoxy groups -OCH3 is 2. The monoisotopic (exact) mass is 377 g/mol. The van der Waals surface area contributed by atoms with Crippen LogP contribution in [0.15, 0.2) is 12.1 Å². The molecule has 0 aliphatic rings. The minimum absolute atomic E-state index is 0.115. The Kier molecular flexibility index (Phi) is 8.21. The van der Waals surface area contributed by atoms with Gasteiger partial charge in [-0.15, -0.1) is 0 Å². The van der Waals surface area contributed by atoms with Crippen molar-refractivity contribution in [3.63, 3.8) is 0 Å². The van der Waals surface area contributed by atoms with Crippen LogP contribution in [-0.2, 0) is 6.42 Å². The van der Waals surface area contributed by atoms with E-state index in [1.165, 1.54) is 25.7 Å². The van der Waals surface area contributed by atoms with Gasteiger partial charge in [0.2, 0.25) is 0 Å². The summed E-state index contributed by atoms with van der Waals surface area (Å²) in [6, 6.07) is 3.72. The SMILES string of the molecule is CCCCCC[Se]c1cc(OC)c(CC(N)(O)O)cc1OC. The molecule has 0 aliphatic carbocycles. The summed E-state index contributed by atoms with van der Waals surface area (Å²) in [6.45, 7) is 2.21. The molecule has 0 unspecified atom stereocenters. The molecule has 0 amide bonds. The van der Waals surface area contributed by atoms with Crippen molar-refractivity contribution in [2.75, 3.05) is 14.2 Å². The van der Waals surface area contributed by atoms with E-state index >= 15 is 0 Å². The molecule has 1 rings (SSSR count). The van der Waals surface area contributed by atoms with Gasteiger partial charge < -0.3 is 0 Å². The van der Waals surface area contributed by atoms with E-state index < -0.39 is 5.91 Å². The number of benzene rings is 1. The first-order chi connectivity index (χ1) is 10.4. The van der Waals surface area contributed by atoms with Gasteiger partial charge in [0.05, 0.1) is 0 Å². The predicted octanol–water partition coefficient (Wildman–Crippen LogP) is 1.17. The average molecular weight is 376 g/mol. The van der Waals surface area contributed by atoms with Crippen molar-refractivity contribution in [2.45, 2.75) is 50.3 Å². The van der Waals surface area contributed by atoms with E-state index in [9.17, 15) is 10.2 Å². The molecule has 0 bridgehead atoms. The summed E-state index contributed by atoms with van der Waals surface area (Å²) in [7, 11) is 3.19. The molecule has 0 saturated carbocycles. The normalized spacial score (nSPS) is 11.5. The van der Waals surface area contributed by atoms with E-state index in [-0.39, 0.29) is 6.42 Å². The third kappa shape index (κ3) is 6.55. The van der Waals surface area contributed by atoms with Crippen molar-refractivity contribution in [1.82, 2.24) is 0 Å². The Labute approximate surface area is 139 Å². The van der Waals surface area contributed by atoms with Crippen LogP contribution < -0.4 is 19.7 Å². The number of hydrogen-bond acceptors (Lipinski definition) is 5. The molecule has 0 fully saturated rings. The van der Waals surface area contributed by atoms with Crippen LogP contribution in [0.4, 0.5) is 0 Å². The van der Waals surface area contributed by atoms with Crippen molar-refractivity contribution < 1.29 is 19.7 Å². The van der Waals surface area contributed by atoms with E-state index in [1.54, 1.807) is 20.3 Å². The first kappa shape index (κ1) is 19.3. The summed E-state index contributed by atoms with van der Waals surface area (Å²) in [4.78, 5) is 0. The maximum absolute atomic E-state index is 9.39. The van der Waals surface area contributed by atoms with Gasteiger partial charge in [-0.1, -0.05) is 0 Å². The summed E-state index contributed by atoms with van der Waals surface area (Å²) in [5.41, 5.74) is 5.89. The van der Waals surface area contributed by atoms with Gasteiger partial charge in [0, 0.05) is 0 Å². The van der Waals surface area contributed by atoms with Crippen LogP contribution >= 0.6 is 0 Å². The second-order valence-electron chi connectivity index (χ2n) is 5.28. The van der Waals surface area contributed by atoms with Crippen molar-refractivity contribution in [3.8, 4) is 11.5 Å². The van der Waals surface area contributed by atoms with Crippen molar-refractivity contribution in [3.05, 3.63) is 17.7 Å². The number of nitrogens with two attached hydrogens (primary N) is 1. The Morgan fingerprint density at radius 2 is 1.77 bits per heavy atom. The van der Waals surface area contributed by atoms with Gasteiger partial charge in [-0.25, -0.2) is 0 Å². The van der Waals surface area contributed by atoms with Crippen LogP contribution in [0.3, 0.4) is 0 Å². The Morgan fingerprint density at radius 3 is 2.32 bits per heavy atom. The molecule has 0 spiro atoms. The number of unbranched alkanes of at least 4 members (excludes halogenated alkanes) is 3. The van der Waals surface area contributed by atoms with Crippen LogP contribution in [0.5, 0.6) is 11.5 Å². The molecule has 0 atom stereocenters. The first-order valence-corrected chi connectivity index (χ1v) is 9.59. The molecule has 0 aliphatic heterocycles. The topological polar surface area (TPSA) is 84.9 Å². The van der Waals surface area contributed by atoms with Crippen LogP contribution in [0, 0.1) is 0 Å². The Balaban J connectivity index is 2.84. The zero-order chi connectivity index (χ0) is 16.6. The number of rotatable bonds is 10. The Morgan fingerprint density at radius 1 is 1.09 bits per heavy atom. The van der Waals surface area contributed by atoms with E-state index in [2.05, 4.69) is 6.92 Å². The van der Waals surface area contributed by atoms with Crippen molar-refractivity contribution in [1.29, 1.82) is 0 Å². The predicted molar refractivity (Wildman–Crippen MR) is 88.9 cm³/mol. The van der Waals surface area contributed by atoms with E-state index in [4.69, 9.17) is 15.2 Å². The average Bonchev–Trinajstić information content (AvgIpc) is 2.46. The maximum atomic E-state index is 9.39. The van der Waals surface area contributed by atoms with Gasteiger partial charge in [-0.2, -0.15) is 0 Å². The summed E-state index contributed by atoms with van der Waals surface area (Å²) in [5.74, 6) is -0.884. The standard InChI is InChI=1S/C16H27NO4Se/c1-4-5-6-7-8-22-15-10-13(20-2)12(9-14(15)21-3)11-16(17,18)19/h9-10,18-19H,4-8,11,17H2,1-3H3. The van der Waals surface area contributed by atoms with Crippen LogP contribution in [0.2, 0.25) is 5.32 Å². The van der Waals surface area contributed by atoms with Gasteiger partial charge in [-0.05, 0) is 0 Å². The second kappa shape index (κ2) is 9.38. The zero-order valence-electron chi connectivity index (χ0n) is 13.6. The fraction of sp³-hybridized carbons (Fsp3) is 0.625. The quantitative estimate of drug-likeness (QED) is 0.324. The fourth-order valence-corrected chi connectivity index (χ4v) is 4.36. The Bertz CT molecular complexity index is 460. The molecule has 0 saturated heterocycles. The van der Waals surface area contributed by atoms with Gasteiger partial charge in [-0.3, -0.25) is 0 Å². The van der Waals surface area contributed by atoms with Crippen LogP contribution in [0.1, 0.15) is 38.2 Å². The third-order valence-corrected chi connectivity index (χ3v) is 5.63. The molecule has 4 N–H and O–H groups in total. The number of ether oxygens (including phenoxy) is 2. The molecular formula is C16H27NO4Se. The van der Waals surface area contributed by atoms with Gasteiger partial charge in [0.1, 0.15) is 0 Å². The van der Waals surface area contributed by atoms with Crippen molar-refractivity contribution >= 4 is 19.4 Å².